The highest BCUT2D eigenvalue weighted by atomic mass is 15.4. The van der Waals surface area contributed by atoms with Crippen LogP contribution in [0.25, 0.3) is 22.7 Å². The summed E-state index contributed by atoms with van der Waals surface area (Å²) in [6.07, 6.45) is 28.9. The molecule has 6 aliphatic rings. The molecule has 2 aliphatic heterocycles. The van der Waals surface area contributed by atoms with Crippen LogP contribution in [0.15, 0.2) is 138 Å². The Morgan fingerprint density at radius 1 is 0.647 bits per heavy atom. The Bertz CT molecular complexity index is 2840. The molecule has 10 rings (SSSR count). The van der Waals surface area contributed by atoms with Gasteiger partial charge in [-0.25, -0.2) is 0 Å². The molecular weight excluding hydrogens is 829 g/mol. The van der Waals surface area contributed by atoms with Gasteiger partial charge in [-0.1, -0.05) is 192 Å². The lowest BCUT2D eigenvalue weighted by molar-refractivity contribution is 0.170. The zero-order valence-corrected chi connectivity index (χ0v) is 42.7. The molecule has 0 radical (unpaired) electrons. The van der Waals surface area contributed by atoms with E-state index in [1.54, 1.807) is 0 Å². The maximum atomic E-state index is 11.5. The zero-order chi connectivity index (χ0) is 48.1. The topological polar surface area (TPSA) is 68.0 Å². The van der Waals surface area contributed by atoms with Gasteiger partial charge >= 0.3 is 0 Å². The zero-order valence-electron chi connectivity index (χ0n) is 42.7. The fourth-order valence-corrected chi connectivity index (χ4v) is 11.9. The Morgan fingerprint density at radius 2 is 1.31 bits per heavy atom. The molecule has 0 amide bonds. The summed E-state index contributed by atoms with van der Waals surface area (Å²) in [6.45, 7) is 28.0. The molecule has 6 nitrogen and oxygen atoms in total. The van der Waals surface area contributed by atoms with E-state index < -0.39 is 0 Å². The maximum Gasteiger partial charge on any atom is 0.101 e. The van der Waals surface area contributed by atoms with Gasteiger partial charge in [0.2, 0.25) is 0 Å². The Balaban J connectivity index is 1.23. The Hall–Kier alpha value is -5.45. The van der Waals surface area contributed by atoms with Crippen molar-refractivity contribution < 1.29 is 0 Å². The van der Waals surface area contributed by atoms with Gasteiger partial charge < -0.3 is 9.47 Å². The average molecular weight is 903 g/mol. The van der Waals surface area contributed by atoms with Crippen molar-refractivity contribution in [2.45, 2.75) is 138 Å². The van der Waals surface area contributed by atoms with Gasteiger partial charge in [0.25, 0.3) is 0 Å². The first-order valence-corrected chi connectivity index (χ1v) is 25.4. The number of hydrogen-bond acceptors (Lipinski definition) is 5. The van der Waals surface area contributed by atoms with Crippen LogP contribution in [0.4, 0.5) is 5.69 Å². The lowest BCUT2D eigenvalue weighted by atomic mass is 9.73. The lowest BCUT2D eigenvalue weighted by Crippen LogP contribution is -2.61. The molecule has 3 aromatic carbocycles. The molecule has 6 heteroatoms. The van der Waals surface area contributed by atoms with Crippen molar-refractivity contribution in [1.29, 1.82) is 5.26 Å². The minimum Gasteiger partial charge on any atom is -0.357 e. The van der Waals surface area contributed by atoms with E-state index in [1.165, 1.54) is 44.5 Å². The second-order valence-electron chi connectivity index (χ2n) is 24.6. The molecule has 0 saturated carbocycles. The summed E-state index contributed by atoms with van der Waals surface area (Å²) >= 11 is 0. The molecule has 0 spiro atoms. The van der Waals surface area contributed by atoms with E-state index in [2.05, 4.69) is 242 Å². The predicted octanol–water partition coefficient (Wildman–Crippen LogP) is 14.0. The van der Waals surface area contributed by atoms with Crippen LogP contribution in [-0.2, 0) is 11.8 Å². The lowest BCUT2D eigenvalue weighted by Gasteiger charge is -2.44. The van der Waals surface area contributed by atoms with E-state index >= 15 is 0 Å². The summed E-state index contributed by atoms with van der Waals surface area (Å²) in [5.41, 5.74) is 14.5. The van der Waals surface area contributed by atoms with Gasteiger partial charge in [-0.3, -0.25) is 16.0 Å². The van der Waals surface area contributed by atoms with E-state index in [9.17, 15) is 5.26 Å². The van der Waals surface area contributed by atoms with Crippen LogP contribution in [0.5, 0.6) is 0 Å². The molecular formula is C62H74N6. The number of nitriles is 1. The average Bonchev–Trinajstić information content (AvgIpc) is 3.81. The molecule has 3 N–H and O–H groups in total. The number of benzene rings is 3. The third kappa shape index (κ3) is 8.33. The van der Waals surface area contributed by atoms with E-state index in [4.69, 9.17) is 0 Å². The third-order valence-electron chi connectivity index (χ3n) is 15.9. The largest absolute Gasteiger partial charge is 0.357 e. The molecule has 0 bridgehead atoms. The van der Waals surface area contributed by atoms with Crippen LogP contribution in [0, 0.1) is 45.3 Å². The van der Waals surface area contributed by atoms with E-state index in [0.29, 0.717) is 5.56 Å². The first-order valence-electron chi connectivity index (χ1n) is 25.4. The molecule has 2 fully saturated rings. The number of rotatable bonds is 5. The fourth-order valence-electron chi connectivity index (χ4n) is 11.9. The van der Waals surface area contributed by atoms with Crippen molar-refractivity contribution in [3.63, 3.8) is 0 Å². The summed E-state index contributed by atoms with van der Waals surface area (Å²) in [4.78, 5) is 2.74. The van der Waals surface area contributed by atoms with Crippen LogP contribution >= 0.6 is 0 Å². The molecule has 8 atom stereocenters. The molecule has 8 unspecified atom stereocenters. The molecule has 4 aliphatic carbocycles. The van der Waals surface area contributed by atoms with Crippen LogP contribution in [0.3, 0.4) is 0 Å². The van der Waals surface area contributed by atoms with E-state index in [-0.39, 0.29) is 70.0 Å². The highest BCUT2D eigenvalue weighted by Crippen LogP contribution is 2.52. The Labute approximate surface area is 407 Å². The van der Waals surface area contributed by atoms with Crippen molar-refractivity contribution in [1.82, 2.24) is 20.5 Å². The third-order valence-corrected chi connectivity index (χ3v) is 15.9. The molecule has 2 saturated heterocycles. The van der Waals surface area contributed by atoms with Gasteiger partial charge in [0, 0.05) is 45.6 Å². The summed E-state index contributed by atoms with van der Waals surface area (Å²) in [5.74, 6) is 0.785. The van der Waals surface area contributed by atoms with E-state index in [0.717, 1.165) is 41.7 Å². The number of allylic oxidation sites excluding steroid dienone is 8. The smallest absolute Gasteiger partial charge is 0.101 e. The van der Waals surface area contributed by atoms with Gasteiger partial charge in [0.15, 0.2) is 0 Å². The van der Waals surface area contributed by atoms with Gasteiger partial charge in [-0.05, 0) is 87.5 Å². The Morgan fingerprint density at radius 3 is 1.90 bits per heavy atom. The van der Waals surface area contributed by atoms with Crippen LogP contribution in [0.1, 0.15) is 142 Å². The Kier molecular flexibility index (Phi) is 11.5. The van der Waals surface area contributed by atoms with Crippen LogP contribution in [0.2, 0.25) is 0 Å². The minimum absolute atomic E-state index is 0.0124. The summed E-state index contributed by atoms with van der Waals surface area (Å²) in [5, 5.41) is 25.0. The van der Waals surface area contributed by atoms with Crippen LogP contribution in [-0.4, -0.2) is 22.8 Å². The standard InChI is InChI=1S/C62H74N6/c1-59(2,3)41-23-27-50-45(32-41)46-33-42(60(4,5)6)24-28-51(46)67(50)54-36-55(68-52-29-25-43(61(7,8)9)34-47(52)48-35-44(62(10,11)12)26-30-53(48)68)49(31-40(54)37-63)58-65-56(38-19-15-13-16-20-38)64-57(66-58)39-21-17-14-18-22-39/h13-21,23,25-27,29-36,39,47-48,52-53,56-58,64-66H,22,24,28H2,1-12H3. The minimum atomic E-state index is -0.275. The van der Waals surface area contributed by atoms with Crippen molar-refractivity contribution in [3.05, 3.63) is 172 Å². The number of aromatic nitrogens is 1. The quantitative estimate of drug-likeness (QED) is 0.186. The SMILES string of the molecule is CC(C)(C)C1=CC2C3C=C(C(C)(C)C)C=CC3N(c3cc(-n4c5c(c6cc(C(C)(C)C)ccc64)C=C(C(C)(C)C)CC5)c(C#N)cc3C3NC(c4ccccc4)NC(C4C=CC=CC4)N3)C2C=C1. The van der Waals surface area contributed by atoms with Gasteiger partial charge in [0.05, 0.1) is 47.3 Å². The van der Waals surface area contributed by atoms with Crippen LogP contribution < -0.4 is 20.9 Å². The second kappa shape index (κ2) is 16.9. The second-order valence-corrected chi connectivity index (χ2v) is 24.6. The summed E-state index contributed by atoms with van der Waals surface area (Å²) < 4.78 is 2.48. The van der Waals surface area contributed by atoms with Crippen molar-refractivity contribution in [3.8, 4) is 11.8 Å². The highest BCUT2D eigenvalue weighted by molar-refractivity contribution is 5.95. The highest BCUT2D eigenvalue weighted by Gasteiger charge is 2.49. The van der Waals surface area contributed by atoms with Crippen molar-refractivity contribution in [2.24, 2.45) is 34.0 Å². The van der Waals surface area contributed by atoms with Crippen molar-refractivity contribution in [2.75, 3.05) is 4.90 Å². The normalized spacial score (nSPS) is 27.0. The molecule has 352 valence electrons. The fraction of sp³-hybridized carbons (Fsp3) is 0.435. The van der Waals surface area contributed by atoms with Gasteiger partial charge in [-0.2, -0.15) is 5.26 Å². The number of hydrogen-bond donors (Lipinski definition) is 3. The number of nitrogens with zero attached hydrogens (tertiary/aromatic N) is 3. The summed E-state index contributed by atoms with van der Waals surface area (Å²) in [7, 11) is 0. The maximum absolute atomic E-state index is 11.5. The molecule has 4 aromatic rings. The molecule has 3 heterocycles. The monoisotopic (exact) mass is 903 g/mol. The summed E-state index contributed by atoms with van der Waals surface area (Å²) in [6, 6.07) is 25.5. The first kappa shape index (κ1) is 46.3. The molecule has 1 aromatic heterocycles. The van der Waals surface area contributed by atoms with Gasteiger partial charge in [-0.15, -0.1) is 0 Å². The number of fused-ring (bicyclic) bond motifs is 6. The number of anilines is 1. The number of nitrogens with one attached hydrogen (secondary N) is 3. The first-order chi connectivity index (χ1) is 32.2. The van der Waals surface area contributed by atoms with E-state index in [1.807, 2.05) is 0 Å². The van der Waals surface area contributed by atoms with Gasteiger partial charge in [0.1, 0.15) is 6.07 Å². The van der Waals surface area contributed by atoms with Crippen molar-refractivity contribution >= 4 is 22.7 Å². The predicted molar refractivity (Wildman–Crippen MR) is 284 cm³/mol. The molecule has 68 heavy (non-hydrogen) atoms.